The number of carboxylic acids is 1. The average molecular weight is 392 g/mol. The van der Waals surface area contributed by atoms with Gasteiger partial charge >= 0.3 is 5.97 Å². The van der Waals surface area contributed by atoms with E-state index in [1.807, 2.05) is 30.3 Å². The van der Waals surface area contributed by atoms with Crippen molar-refractivity contribution in [1.82, 2.24) is 4.57 Å². The van der Waals surface area contributed by atoms with Crippen LogP contribution in [-0.2, 0) is 4.74 Å². The lowest BCUT2D eigenvalue weighted by molar-refractivity contribution is 0.0679. The Labute approximate surface area is 159 Å². The molecular weight excluding hydrogens is 377 g/mol. The second-order valence-corrected chi connectivity index (χ2v) is 6.80. The molecule has 0 amide bonds. The highest BCUT2D eigenvalue weighted by Crippen LogP contribution is 2.43. The number of halogens is 2. The minimum atomic E-state index is -1.11. The zero-order valence-corrected chi connectivity index (χ0v) is 15.1. The first-order valence-electron chi connectivity index (χ1n) is 8.13. The van der Waals surface area contributed by atoms with Crippen LogP contribution in [0.15, 0.2) is 42.5 Å². The van der Waals surface area contributed by atoms with E-state index in [9.17, 15) is 9.90 Å². The number of rotatable bonds is 4. The number of aromatic carboxylic acids is 1. The molecule has 3 aromatic rings. The quantitative estimate of drug-likeness (QED) is 0.693. The SMILES string of the molecule is O=C(O)c1c(O[C@H]2CCOC2)c2c(Cl)c(Cl)ccc2n1-c1ccccc1. The Morgan fingerprint density at radius 1 is 1.19 bits per heavy atom. The molecule has 26 heavy (non-hydrogen) atoms. The summed E-state index contributed by atoms with van der Waals surface area (Å²) in [6.07, 6.45) is 0.466. The summed E-state index contributed by atoms with van der Waals surface area (Å²) in [6.45, 7) is 0.994. The molecule has 1 aromatic heterocycles. The largest absolute Gasteiger partial charge is 0.485 e. The Morgan fingerprint density at radius 3 is 2.62 bits per heavy atom. The van der Waals surface area contributed by atoms with Gasteiger partial charge in [0, 0.05) is 12.1 Å². The molecule has 0 saturated carbocycles. The lowest BCUT2D eigenvalue weighted by Crippen LogP contribution is -2.18. The average Bonchev–Trinajstić information content (AvgIpc) is 3.25. The van der Waals surface area contributed by atoms with E-state index in [1.54, 1.807) is 16.7 Å². The molecule has 7 heteroatoms. The molecule has 1 fully saturated rings. The fourth-order valence-electron chi connectivity index (χ4n) is 3.21. The maximum Gasteiger partial charge on any atom is 0.356 e. The van der Waals surface area contributed by atoms with Crippen LogP contribution in [0.2, 0.25) is 10.0 Å². The van der Waals surface area contributed by atoms with Crippen LogP contribution in [-0.4, -0.2) is 35.0 Å². The highest BCUT2D eigenvalue weighted by molar-refractivity contribution is 6.45. The van der Waals surface area contributed by atoms with E-state index in [-0.39, 0.29) is 22.6 Å². The van der Waals surface area contributed by atoms with Gasteiger partial charge < -0.3 is 19.1 Å². The first-order valence-corrected chi connectivity index (χ1v) is 8.89. The van der Waals surface area contributed by atoms with Gasteiger partial charge in [0.25, 0.3) is 0 Å². The smallest absolute Gasteiger partial charge is 0.356 e. The van der Waals surface area contributed by atoms with E-state index >= 15 is 0 Å². The van der Waals surface area contributed by atoms with Gasteiger partial charge in [-0.2, -0.15) is 0 Å². The van der Waals surface area contributed by atoms with E-state index in [4.69, 9.17) is 32.7 Å². The van der Waals surface area contributed by atoms with Crippen LogP contribution in [0.25, 0.3) is 16.6 Å². The fourth-order valence-corrected chi connectivity index (χ4v) is 3.61. The normalized spacial score (nSPS) is 16.9. The van der Waals surface area contributed by atoms with E-state index in [0.717, 1.165) is 0 Å². The standard InChI is InChI=1S/C19H15Cl2NO4/c20-13-6-7-14-15(16(13)21)18(26-12-8-9-25-10-12)17(19(23)24)22(14)11-4-2-1-3-5-11/h1-7,12H,8-10H2,(H,23,24)/t12-/m0/s1. The van der Waals surface area contributed by atoms with Gasteiger partial charge in [0.05, 0.1) is 34.2 Å². The fraction of sp³-hybridized carbons (Fsp3) is 0.211. The second-order valence-electron chi connectivity index (χ2n) is 6.01. The topological polar surface area (TPSA) is 60.7 Å². The number of fused-ring (bicyclic) bond motifs is 1. The van der Waals surface area contributed by atoms with Crippen molar-refractivity contribution in [3.05, 3.63) is 58.2 Å². The van der Waals surface area contributed by atoms with Crippen molar-refractivity contribution in [3.63, 3.8) is 0 Å². The van der Waals surface area contributed by atoms with Crippen LogP contribution in [0.4, 0.5) is 0 Å². The Bertz CT molecular complexity index is 978. The summed E-state index contributed by atoms with van der Waals surface area (Å²) in [5, 5.41) is 11.0. The van der Waals surface area contributed by atoms with Crippen molar-refractivity contribution in [2.45, 2.75) is 12.5 Å². The number of aromatic nitrogens is 1. The maximum atomic E-state index is 12.1. The second kappa shape index (κ2) is 6.83. The number of para-hydroxylation sites is 1. The minimum Gasteiger partial charge on any atom is -0.485 e. The lowest BCUT2D eigenvalue weighted by Gasteiger charge is -2.13. The molecule has 4 rings (SSSR count). The Balaban J connectivity index is 2.05. The number of carbonyl (C=O) groups is 1. The molecule has 134 valence electrons. The van der Waals surface area contributed by atoms with Crippen molar-refractivity contribution in [1.29, 1.82) is 0 Å². The number of hydrogen-bond acceptors (Lipinski definition) is 3. The van der Waals surface area contributed by atoms with Gasteiger partial charge in [-0.05, 0) is 24.3 Å². The number of hydrogen-bond donors (Lipinski definition) is 1. The molecule has 0 spiro atoms. The van der Waals surface area contributed by atoms with E-state index in [1.165, 1.54) is 0 Å². The molecule has 2 aromatic carbocycles. The molecule has 1 aliphatic rings. The Hall–Kier alpha value is -2.21. The summed E-state index contributed by atoms with van der Waals surface area (Å²) in [5.41, 5.74) is 1.34. The monoisotopic (exact) mass is 391 g/mol. The maximum absolute atomic E-state index is 12.1. The van der Waals surface area contributed by atoms with Crippen molar-refractivity contribution in [2.75, 3.05) is 13.2 Å². The van der Waals surface area contributed by atoms with Gasteiger partial charge in [-0.25, -0.2) is 4.79 Å². The summed E-state index contributed by atoms with van der Waals surface area (Å²) in [4.78, 5) is 12.1. The molecule has 1 saturated heterocycles. The number of benzene rings is 2. The highest BCUT2D eigenvalue weighted by Gasteiger charge is 2.30. The molecule has 5 nitrogen and oxygen atoms in total. The molecular formula is C19H15Cl2NO4. The van der Waals surface area contributed by atoms with Gasteiger partial charge in [-0.1, -0.05) is 41.4 Å². The third-order valence-electron chi connectivity index (χ3n) is 4.37. The first kappa shape index (κ1) is 17.2. The Kier molecular flexibility index (Phi) is 4.53. The predicted molar refractivity (Wildman–Crippen MR) is 100 cm³/mol. The molecule has 0 bridgehead atoms. The summed E-state index contributed by atoms with van der Waals surface area (Å²) in [5.74, 6) is -0.884. The third-order valence-corrected chi connectivity index (χ3v) is 5.17. The van der Waals surface area contributed by atoms with Crippen LogP contribution < -0.4 is 4.74 Å². The lowest BCUT2D eigenvalue weighted by atomic mass is 10.2. The van der Waals surface area contributed by atoms with E-state index in [0.29, 0.717) is 41.2 Å². The van der Waals surface area contributed by atoms with Crippen LogP contribution in [0.3, 0.4) is 0 Å². The molecule has 1 atom stereocenters. The summed E-state index contributed by atoms with van der Waals surface area (Å²) in [6, 6.07) is 12.6. The summed E-state index contributed by atoms with van der Waals surface area (Å²) < 4.78 is 13.0. The third kappa shape index (κ3) is 2.82. The van der Waals surface area contributed by atoms with E-state index < -0.39 is 5.97 Å². The number of carboxylic acid groups (broad SMARTS) is 1. The zero-order valence-electron chi connectivity index (χ0n) is 13.6. The van der Waals surface area contributed by atoms with Crippen LogP contribution in [0, 0.1) is 0 Å². The Morgan fingerprint density at radius 2 is 1.96 bits per heavy atom. The van der Waals surface area contributed by atoms with Crippen LogP contribution in [0.1, 0.15) is 16.9 Å². The molecule has 1 aliphatic heterocycles. The van der Waals surface area contributed by atoms with Gasteiger partial charge in [-0.15, -0.1) is 0 Å². The molecule has 0 radical (unpaired) electrons. The minimum absolute atomic E-state index is 0.0160. The summed E-state index contributed by atoms with van der Waals surface area (Å²) >= 11 is 12.6. The zero-order chi connectivity index (χ0) is 18.3. The van der Waals surface area contributed by atoms with Gasteiger partial charge in [0.2, 0.25) is 0 Å². The number of nitrogens with zero attached hydrogens (tertiary/aromatic N) is 1. The van der Waals surface area contributed by atoms with Gasteiger partial charge in [-0.3, -0.25) is 0 Å². The molecule has 0 unspecified atom stereocenters. The van der Waals surface area contributed by atoms with Crippen LogP contribution in [0.5, 0.6) is 5.75 Å². The van der Waals surface area contributed by atoms with Crippen molar-refractivity contribution in [3.8, 4) is 11.4 Å². The van der Waals surface area contributed by atoms with Gasteiger partial charge in [0.1, 0.15) is 6.10 Å². The summed E-state index contributed by atoms with van der Waals surface area (Å²) in [7, 11) is 0. The van der Waals surface area contributed by atoms with Crippen molar-refractivity contribution >= 4 is 40.1 Å². The van der Waals surface area contributed by atoms with Crippen molar-refractivity contribution in [2.24, 2.45) is 0 Å². The van der Waals surface area contributed by atoms with E-state index in [2.05, 4.69) is 0 Å². The predicted octanol–water partition coefficient (Wildman–Crippen LogP) is 4.80. The van der Waals surface area contributed by atoms with Crippen LogP contribution >= 0.6 is 23.2 Å². The molecule has 0 aliphatic carbocycles. The molecule has 1 N–H and O–H groups in total. The van der Waals surface area contributed by atoms with Gasteiger partial charge in [0.15, 0.2) is 11.4 Å². The highest BCUT2D eigenvalue weighted by atomic mass is 35.5. The number of ether oxygens (including phenoxy) is 2. The van der Waals surface area contributed by atoms with Crippen molar-refractivity contribution < 1.29 is 19.4 Å². The first-order chi connectivity index (χ1) is 12.6. The molecule has 2 heterocycles.